The van der Waals surface area contributed by atoms with Crippen molar-refractivity contribution in [1.29, 1.82) is 0 Å². The van der Waals surface area contributed by atoms with E-state index in [4.69, 9.17) is 11.6 Å². The lowest BCUT2D eigenvalue weighted by molar-refractivity contribution is -0.121. The van der Waals surface area contributed by atoms with Crippen LogP contribution < -0.4 is 5.32 Å². The molecule has 1 N–H and O–H groups in total. The summed E-state index contributed by atoms with van der Waals surface area (Å²) in [7, 11) is 0. The largest absolute Gasteiger partial charge is 0.356 e. The van der Waals surface area contributed by atoms with Crippen LogP contribution in [-0.2, 0) is 11.2 Å². The van der Waals surface area contributed by atoms with Crippen molar-refractivity contribution in [3.63, 3.8) is 0 Å². The molecule has 1 amide bonds. The number of alkyl halides is 1. The van der Waals surface area contributed by atoms with Crippen LogP contribution in [0.4, 0.5) is 0 Å². The number of benzene rings is 1. The van der Waals surface area contributed by atoms with Gasteiger partial charge in [0.15, 0.2) is 0 Å². The molecule has 0 aliphatic carbocycles. The number of carbonyl (C=O) groups is 1. The van der Waals surface area contributed by atoms with Gasteiger partial charge in [0.25, 0.3) is 0 Å². The topological polar surface area (TPSA) is 29.1 Å². The molecule has 0 heterocycles. The minimum absolute atomic E-state index is 0.124. The lowest BCUT2D eigenvalue weighted by atomic mass is 10.1. The van der Waals surface area contributed by atoms with E-state index in [1.54, 1.807) is 0 Å². The summed E-state index contributed by atoms with van der Waals surface area (Å²) >= 11 is 5.55. The third-order valence-electron chi connectivity index (χ3n) is 2.37. The molecule has 0 saturated carbocycles. The van der Waals surface area contributed by atoms with Crippen molar-refractivity contribution < 1.29 is 4.79 Å². The summed E-state index contributed by atoms with van der Waals surface area (Å²) in [6, 6.07) is 10.1. The smallest absolute Gasteiger partial charge is 0.220 e. The Balaban J connectivity index is 2.11. The van der Waals surface area contributed by atoms with Gasteiger partial charge in [0.2, 0.25) is 5.91 Å². The first-order valence-corrected chi connectivity index (χ1v) is 6.23. The number of aryl methyl sites for hydroxylation is 1. The summed E-state index contributed by atoms with van der Waals surface area (Å²) < 4.78 is 0. The normalized spacial score (nSPS) is 10.1. The number of unbranched alkanes of at least 4 members (excludes halogenated alkanes) is 1. The van der Waals surface area contributed by atoms with E-state index in [9.17, 15) is 4.79 Å². The van der Waals surface area contributed by atoms with Crippen molar-refractivity contribution in [3.05, 3.63) is 35.9 Å². The molecule has 2 nitrogen and oxygen atoms in total. The van der Waals surface area contributed by atoms with Crippen LogP contribution in [0.1, 0.15) is 24.8 Å². The predicted octanol–water partition coefficient (Wildman–Crippen LogP) is 2.75. The molecule has 0 bridgehead atoms. The molecule has 16 heavy (non-hydrogen) atoms. The van der Waals surface area contributed by atoms with Gasteiger partial charge in [0, 0.05) is 18.8 Å². The number of rotatable bonds is 7. The van der Waals surface area contributed by atoms with Gasteiger partial charge >= 0.3 is 0 Å². The first-order valence-electron chi connectivity index (χ1n) is 5.69. The Kier molecular flexibility index (Phi) is 6.66. The lowest BCUT2D eigenvalue weighted by Gasteiger charge is -2.04. The third kappa shape index (κ3) is 5.76. The highest BCUT2D eigenvalue weighted by Gasteiger charge is 2.00. The molecule has 1 aromatic rings. The van der Waals surface area contributed by atoms with Gasteiger partial charge in [-0.1, -0.05) is 30.3 Å². The van der Waals surface area contributed by atoms with Crippen LogP contribution in [0, 0.1) is 0 Å². The number of nitrogens with one attached hydrogen (secondary N) is 1. The minimum Gasteiger partial charge on any atom is -0.356 e. The number of halogens is 1. The Hall–Kier alpha value is -1.02. The summed E-state index contributed by atoms with van der Waals surface area (Å²) in [5.41, 5.74) is 1.21. The van der Waals surface area contributed by atoms with Gasteiger partial charge in [-0.3, -0.25) is 4.79 Å². The third-order valence-corrected chi connectivity index (χ3v) is 2.63. The van der Waals surface area contributed by atoms with Crippen LogP contribution in [-0.4, -0.2) is 18.3 Å². The second-order valence-corrected chi connectivity index (χ2v) is 4.11. The first kappa shape index (κ1) is 13.0. The molecular weight excluding hydrogens is 222 g/mol. The average molecular weight is 240 g/mol. The second kappa shape index (κ2) is 8.17. The minimum atomic E-state index is 0.124. The molecule has 0 aliphatic heterocycles. The Morgan fingerprint density at radius 3 is 2.62 bits per heavy atom. The molecular formula is C13H18ClNO. The molecule has 1 aromatic carbocycles. The van der Waals surface area contributed by atoms with Crippen molar-refractivity contribution in [2.24, 2.45) is 0 Å². The van der Waals surface area contributed by atoms with Gasteiger partial charge < -0.3 is 5.32 Å². The molecule has 0 unspecified atom stereocenters. The summed E-state index contributed by atoms with van der Waals surface area (Å²) in [4.78, 5) is 11.4. The quantitative estimate of drug-likeness (QED) is 0.575. The number of hydrogen-bond donors (Lipinski definition) is 1. The van der Waals surface area contributed by atoms with Gasteiger partial charge in [-0.15, -0.1) is 11.6 Å². The highest BCUT2D eigenvalue weighted by Crippen LogP contribution is 2.02. The Morgan fingerprint density at radius 2 is 1.94 bits per heavy atom. The van der Waals surface area contributed by atoms with Gasteiger partial charge in [0.1, 0.15) is 0 Å². The zero-order valence-electron chi connectivity index (χ0n) is 9.42. The maximum Gasteiger partial charge on any atom is 0.220 e. The standard InChI is InChI=1S/C13H18ClNO/c14-10-4-5-11-15-13(16)9-8-12-6-2-1-3-7-12/h1-3,6-7H,4-5,8-11H2,(H,15,16). The monoisotopic (exact) mass is 239 g/mol. The zero-order valence-corrected chi connectivity index (χ0v) is 10.2. The average Bonchev–Trinajstić information content (AvgIpc) is 2.33. The molecule has 0 fully saturated rings. The summed E-state index contributed by atoms with van der Waals surface area (Å²) in [6.07, 6.45) is 3.29. The molecule has 0 spiro atoms. The highest BCUT2D eigenvalue weighted by atomic mass is 35.5. The number of amides is 1. The summed E-state index contributed by atoms with van der Waals surface area (Å²) in [5.74, 6) is 0.790. The van der Waals surface area contributed by atoms with Crippen LogP contribution in [0.5, 0.6) is 0 Å². The van der Waals surface area contributed by atoms with Crippen LogP contribution in [0.3, 0.4) is 0 Å². The van der Waals surface area contributed by atoms with Crippen molar-refractivity contribution >= 4 is 17.5 Å². The van der Waals surface area contributed by atoms with E-state index in [0.717, 1.165) is 25.8 Å². The van der Waals surface area contributed by atoms with E-state index in [0.29, 0.717) is 12.3 Å². The Bertz CT molecular complexity index is 300. The van der Waals surface area contributed by atoms with Crippen LogP contribution in [0.2, 0.25) is 0 Å². The molecule has 1 rings (SSSR count). The SMILES string of the molecule is O=C(CCc1ccccc1)NCCCCCl. The van der Waals surface area contributed by atoms with Crippen molar-refractivity contribution in [2.45, 2.75) is 25.7 Å². The fourth-order valence-electron chi connectivity index (χ4n) is 1.44. The Morgan fingerprint density at radius 1 is 1.19 bits per heavy atom. The van der Waals surface area contributed by atoms with Crippen LogP contribution in [0.15, 0.2) is 30.3 Å². The van der Waals surface area contributed by atoms with Gasteiger partial charge in [-0.05, 0) is 24.8 Å². The van der Waals surface area contributed by atoms with E-state index in [-0.39, 0.29) is 5.91 Å². The van der Waals surface area contributed by atoms with Gasteiger partial charge in [-0.25, -0.2) is 0 Å². The van der Waals surface area contributed by atoms with Gasteiger partial charge in [0.05, 0.1) is 0 Å². The van der Waals surface area contributed by atoms with E-state index < -0.39 is 0 Å². The fraction of sp³-hybridized carbons (Fsp3) is 0.462. The maximum absolute atomic E-state index is 11.4. The highest BCUT2D eigenvalue weighted by molar-refractivity contribution is 6.17. The molecule has 88 valence electrons. The molecule has 0 aromatic heterocycles. The molecule has 0 radical (unpaired) electrons. The number of hydrogen-bond acceptors (Lipinski definition) is 1. The predicted molar refractivity (Wildman–Crippen MR) is 67.7 cm³/mol. The van der Waals surface area contributed by atoms with Crippen molar-refractivity contribution in [3.8, 4) is 0 Å². The molecule has 3 heteroatoms. The lowest BCUT2D eigenvalue weighted by Crippen LogP contribution is -2.24. The van der Waals surface area contributed by atoms with E-state index >= 15 is 0 Å². The van der Waals surface area contributed by atoms with Gasteiger partial charge in [-0.2, -0.15) is 0 Å². The first-order chi connectivity index (χ1) is 7.83. The summed E-state index contributed by atoms with van der Waals surface area (Å²) in [6.45, 7) is 0.736. The second-order valence-electron chi connectivity index (χ2n) is 3.73. The fourth-order valence-corrected chi connectivity index (χ4v) is 1.63. The number of carbonyl (C=O) groups excluding carboxylic acids is 1. The zero-order chi connectivity index (χ0) is 11.6. The van der Waals surface area contributed by atoms with E-state index in [1.807, 2.05) is 30.3 Å². The van der Waals surface area contributed by atoms with Crippen molar-refractivity contribution in [2.75, 3.05) is 12.4 Å². The molecule has 0 aliphatic rings. The van der Waals surface area contributed by atoms with Crippen molar-refractivity contribution in [1.82, 2.24) is 5.32 Å². The molecule has 0 atom stereocenters. The maximum atomic E-state index is 11.4. The van der Waals surface area contributed by atoms with E-state index in [1.165, 1.54) is 5.56 Å². The summed E-state index contributed by atoms with van der Waals surface area (Å²) in [5, 5.41) is 2.89. The van der Waals surface area contributed by atoms with E-state index in [2.05, 4.69) is 5.32 Å². The molecule has 0 saturated heterocycles. The van der Waals surface area contributed by atoms with Crippen LogP contribution in [0.25, 0.3) is 0 Å². The Labute approximate surface area is 102 Å². The van der Waals surface area contributed by atoms with Crippen LogP contribution >= 0.6 is 11.6 Å².